The fourth-order valence-electron chi connectivity index (χ4n) is 4.45. The van der Waals surface area contributed by atoms with Crippen LogP contribution in [0.15, 0.2) is 72.3 Å². The number of anilines is 1. The molecule has 1 amide bonds. The molecule has 0 fully saturated rings. The van der Waals surface area contributed by atoms with Crippen molar-refractivity contribution in [3.63, 3.8) is 0 Å². The van der Waals surface area contributed by atoms with E-state index in [0.29, 0.717) is 24.3 Å². The summed E-state index contributed by atoms with van der Waals surface area (Å²) in [6.07, 6.45) is 0. The predicted molar refractivity (Wildman–Crippen MR) is 161 cm³/mol. The normalized spacial score (nSPS) is 13.0. The van der Waals surface area contributed by atoms with Gasteiger partial charge in [0.2, 0.25) is 16.3 Å². The standard InChI is InChI=1S/C24H21N3O18S5.Cu/c1-11(28)25-17-9-14(47(33,34)35)7-13-8-19(49(39,40)41)22(24(30)20(13)17)27-26-16-3-2-12-6-15(48(36,37)38)10-18(21(12)23(16)29)46(31,32)5-4-45-50(42,43)44;/h2-3,6-10,29-30H,4-5H2,1H3,(H,25,28)(H,33,34,35)(H,36,37,38)(H,39,40,41)(H,42,43,44);/q;+2/p-2. The summed E-state index contributed by atoms with van der Waals surface area (Å²) < 4.78 is 169. The molecule has 0 unspecified atom stereocenters. The summed E-state index contributed by atoms with van der Waals surface area (Å²) >= 11 is 0. The third kappa shape index (κ3) is 9.33. The Morgan fingerprint density at radius 3 is 1.82 bits per heavy atom. The molecule has 0 aliphatic heterocycles. The maximum Gasteiger partial charge on any atom is 2.00 e. The number of carbonyl (C=O) groups is 1. The zero-order valence-electron chi connectivity index (χ0n) is 28.5. The van der Waals surface area contributed by atoms with Crippen LogP contribution >= 0.6 is 0 Å². The van der Waals surface area contributed by atoms with Crippen LogP contribution in [0.5, 0.6) is 11.5 Å². The zero-order chi connectivity index (χ0) is 37.8. The Morgan fingerprint density at radius 2 is 1.29 bits per heavy atom. The van der Waals surface area contributed by atoms with Gasteiger partial charge < -0.3 is 33.7 Å². The van der Waals surface area contributed by atoms with Crippen LogP contribution in [-0.4, -0.2) is 78.6 Å². The number of sulfone groups is 1. The van der Waals surface area contributed by atoms with Crippen molar-refractivity contribution < 1.29 is 102 Å². The van der Waals surface area contributed by atoms with E-state index in [1.165, 1.54) is 0 Å². The fourth-order valence-corrected chi connectivity index (χ4v) is 7.97. The summed E-state index contributed by atoms with van der Waals surface area (Å²) in [6.45, 7) is -0.384. The number of hydrogen-bond donors (Lipinski definition) is 1. The van der Waals surface area contributed by atoms with Crippen molar-refractivity contribution >= 4 is 95.1 Å². The van der Waals surface area contributed by atoms with Crippen LogP contribution in [0.4, 0.5) is 17.1 Å². The Balaban J connectivity index is 0. The van der Waals surface area contributed by atoms with E-state index in [1.54, 1.807) is 0 Å². The molecule has 0 saturated carbocycles. The molecule has 279 valence electrons. The molecule has 4 aromatic carbocycles. The van der Waals surface area contributed by atoms with E-state index >= 15 is 0 Å². The van der Waals surface area contributed by atoms with Crippen LogP contribution in [-0.2, 0) is 76.6 Å². The van der Waals surface area contributed by atoms with Gasteiger partial charge in [0, 0.05) is 12.6 Å². The zero-order valence-corrected chi connectivity index (χ0v) is 29.6. The third-order valence-corrected chi connectivity index (χ3v) is 11.0. The topological polar surface area (TPSA) is 372 Å². The first kappa shape index (κ1) is 41.6. The van der Waals surface area contributed by atoms with E-state index < -0.39 is 139 Å². The Labute approximate surface area is 304 Å². The first-order valence-corrected chi connectivity index (χ1v) is 19.9. The molecule has 27 heteroatoms. The van der Waals surface area contributed by atoms with Gasteiger partial charge in [0.15, 0.2) is 9.84 Å². The monoisotopic (exact) mass is 860 g/mol. The molecule has 0 aromatic heterocycles. The van der Waals surface area contributed by atoms with Crippen molar-refractivity contribution in [1.82, 2.24) is 0 Å². The molecule has 4 rings (SSSR count). The van der Waals surface area contributed by atoms with Crippen LogP contribution < -0.4 is 15.5 Å². The summed E-state index contributed by atoms with van der Waals surface area (Å²) in [7, 11) is -26.7. The number of hydrogen-bond acceptors (Lipinski definition) is 20. The van der Waals surface area contributed by atoms with Crippen molar-refractivity contribution in [3.8, 4) is 11.5 Å². The summed E-state index contributed by atoms with van der Waals surface area (Å²) in [4.78, 5) is 6.95. The van der Waals surface area contributed by atoms with Crippen molar-refractivity contribution in [2.24, 2.45) is 10.2 Å². The van der Waals surface area contributed by atoms with Crippen LogP contribution in [0.25, 0.3) is 21.5 Å². The second-order valence-corrected chi connectivity index (χ2v) is 17.1. The SMILES string of the molecule is CC(=O)Nc1cc(S(=O)(=O)[O-])cc2cc(S(=O)(=O)[O-])c(N=Nc3ccc4cc(S(=O)(=O)[O-])cc(S(=O)(=O)CCOS(=O)(=O)[O-])c4c3[O-])c([O-])c12.[Cu+2].[H+].[H+].[H+].[H+]. The van der Waals surface area contributed by atoms with Gasteiger partial charge in [-0.05, 0) is 57.9 Å². The number of nitrogens with one attached hydrogen (secondary N) is 1. The number of carbonyl (C=O) groups excluding carboxylic acids is 1. The minimum Gasteiger partial charge on any atom is -0.871 e. The Kier molecular flexibility index (Phi) is 11.6. The van der Waals surface area contributed by atoms with Crippen LogP contribution in [0.3, 0.4) is 0 Å². The molecule has 1 N–H and O–H groups in total. The van der Waals surface area contributed by atoms with Crippen LogP contribution in [0.2, 0.25) is 0 Å². The molecule has 21 nitrogen and oxygen atoms in total. The van der Waals surface area contributed by atoms with Gasteiger partial charge in [0.05, 0.1) is 43.3 Å². The summed E-state index contributed by atoms with van der Waals surface area (Å²) in [5.41, 5.74) is -2.83. The fraction of sp³-hybridized carbons (Fsp3) is 0.125. The molecular formula is C24H19CuN3O18S5. The molecule has 51 heavy (non-hydrogen) atoms. The van der Waals surface area contributed by atoms with E-state index in [0.717, 1.165) is 19.1 Å². The number of amides is 1. The molecule has 0 aliphatic carbocycles. The third-order valence-electron chi connectivity index (χ3n) is 6.42. The van der Waals surface area contributed by atoms with E-state index in [1.807, 2.05) is 0 Å². The van der Waals surface area contributed by atoms with E-state index in [-0.39, 0.29) is 28.8 Å². The Morgan fingerprint density at radius 1 is 0.725 bits per heavy atom. The van der Waals surface area contributed by atoms with E-state index in [9.17, 15) is 75.3 Å². The number of azo groups is 1. The van der Waals surface area contributed by atoms with Crippen LogP contribution in [0.1, 0.15) is 12.6 Å². The second kappa shape index (κ2) is 14.3. The summed E-state index contributed by atoms with van der Waals surface area (Å²) in [6, 6.07) is 3.99. The molecule has 1 radical (unpaired) electrons. The summed E-state index contributed by atoms with van der Waals surface area (Å²) in [5, 5.41) is 33.2. The maximum absolute atomic E-state index is 13.5. The molecule has 0 aliphatic rings. The Bertz CT molecular complexity index is 2740. The quantitative estimate of drug-likeness (QED) is 0.0892. The van der Waals surface area contributed by atoms with Crippen molar-refractivity contribution in [2.45, 2.75) is 26.5 Å². The molecule has 0 heterocycles. The van der Waals surface area contributed by atoms with E-state index in [2.05, 4.69) is 19.7 Å². The minimum atomic E-state index is -5.68. The molecule has 4 aromatic rings. The van der Waals surface area contributed by atoms with Gasteiger partial charge in [-0.3, -0.25) is 8.98 Å². The van der Waals surface area contributed by atoms with Crippen molar-refractivity contribution in [3.05, 3.63) is 42.5 Å². The van der Waals surface area contributed by atoms with Gasteiger partial charge in [0.1, 0.15) is 30.4 Å². The van der Waals surface area contributed by atoms with Crippen molar-refractivity contribution in [2.75, 3.05) is 17.7 Å². The predicted octanol–water partition coefficient (Wildman–Crippen LogP) is -0.0757. The van der Waals surface area contributed by atoms with Gasteiger partial charge in [-0.1, -0.05) is 17.6 Å². The second-order valence-electron chi connectivity index (χ2n) is 9.85. The number of rotatable bonds is 11. The van der Waals surface area contributed by atoms with E-state index in [4.69, 9.17) is 0 Å². The maximum atomic E-state index is 13.5. The summed E-state index contributed by atoms with van der Waals surface area (Å²) in [5.74, 6) is -5.15. The smallest absolute Gasteiger partial charge is 0.871 e. The minimum absolute atomic E-state index is 0. The Hall–Kier alpha value is -3.86. The van der Waals surface area contributed by atoms with Gasteiger partial charge in [-0.25, -0.2) is 42.1 Å². The average Bonchev–Trinajstić information content (AvgIpc) is 2.94. The van der Waals surface area contributed by atoms with Crippen LogP contribution in [0, 0.1) is 0 Å². The number of benzene rings is 4. The van der Waals surface area contributed by atoms with Crippen molar-refractivity contribution in [1.29, 1.82) is 0 Å². The molecule has 0 bridgehead atoms. The first-order chi connectivity index (χ1) is 22.7. The van der Waals surface area contributed by atoms with Gasteiger partial charge in [-0.15, -0.1) is 5.11 Å². The molecule has 0 atom stereocenters. The number of fused-ring (bicyclic) bond motifs is 2. The average molecular weight is 861 g/mol. The number of nitrogens with zero attached hydrogens (tertiary/aromatic N) is 2. The molecular weight excluding hydrogens is 842 g/mol. The molecule has 0 saturated heterocycles. The first-order valence-electron chi connectivity index (χ1n) is 12.7. The van der Waals surface area contributed by atoms with Gasteiger partial charge in [-0.2, -0.15) is 5.11 Å². The molecule has 0 spiro atoms. The van der Waals surface area contributed by atoms with Gasteiger partial charge in [0.25, 0.3) is 0 Å². The largest absolute Gasteiger partial charge is 2.00 e. The van der Waals surface area contributed by atoms with Gasteiger partial charge >= 0.3 is 22.8 Å².